The number of hydrogen-bond donors (Lipinski definition) is 6. The Kier molecular flexibility index (Phi) is 21.7. The third-order valence-corrected chi connectivity index (χ3v) is 15.6. The van der Waals surface area contributed by atoms with Gasteiger partial charge in [-0.15, -0.1) is 34.0 Å². The normalized spacial score (nSPS) is 10.4. The first-order chi connectivity index (χ1) is 38.4. The fourth-order valence-corrected chi connectivity index (χ4v) is 11.0. The van der Waals surface area contributed by atoms with Gasteiger partial charge in [-0.25, -0.2) is 33.2 Å². The van der Waals surface area contributed by atoms with Crippen LogP contribution in [0.1, 0.15) is 47.8 Å². The number of carbonyl (C=O) groups excluding carboxylic acids is 3. The number of ether oxygens (including phenoxy) is 3. The van der Waals surface area contributed by atoms with E-state index in [2.05, 4.69) is 63.7 Å². The van der Waals surface area contributed by atoms with Crippen LogP contribution in [0.4, 0.5) is 33.8 Å². The molecule has 0 aliphatic heterocycles. The topological polar surface area (TPSA) is 227 Å². The summed E-state index contributed by atoms with van der Waals surface area (Å²) in [7, 11) is 0. The smallest absolute Gasteiger partial charge is 0.412 e. The highest BCUT2D eigenvalue weighted by Crippen LogP contribution is 2.39. The third kappa shape index (κ3) is 16.7. The summed E-state index contributed by atoms with van der Waals surface area (Å²) < 4.78 is 31.5. The Morgan fingerprint density at radius 1 is 0.438 bits per heavy atom. The van der Waals surface area contributed by atoms with Gasteiger partial charge in [0.1, 0.15) is 57.3 Å². The first-order valence-corrected chi connectivity index (χ1v) is 28.5. The maximum absolute atomic E-state index is 13.6. The number of hydrogen-bond acceptors (Lipinski definition) is 12. The van der Waals surface area contributed by atoms with Gasteiger partial charge >= 0.3 is 36.2 Å². The molecule has 0 unspecified atom stereocenters. The van der Waals surface area contributed by atoms with Crippen LogP contribution in [-0.4, -0.2) is 51.5 Å². The van der Waals surface area contributed by atoms with Crippen LogP contribution >= 0.6 is 93.4 Å². The first kappa shape index (κ1) is 60.0. The monoisotopic (exact) mass is 1340 g/mol. The standard InChI is InChI=1S/C19H13BrClNO4S.C19H13BrFNO4S.C19H14BrNO4S/c2*20-13-7-5-11(6-8-13)14-10-27-17(16(14)18(23)24)22-19(25)26-9-12-3-1-2-4-15(12)21;20-14-8-6-13(7-9-14)15-11-26-17(16(15)18(22)23)21-19(24)25-10-12-4-2-1-3-5-12/h2*1-8,10H,9H2,(H,22,25)(H,23,24);1-9,11H,10H2,(H,21,24)(H,22,23). The Balaban J connectivity index is 0.000000173. The van der Waals surface area contributed by atoms with E-state index in [0.717, 1.165) is 64.1 Å². The van der Waals surface area contributed by atoms with E-state index >= 15 is 0 Å². The molecule has 0 atom stereocenters. The van der Waals surface area contributed by atoms with Crippen LogP contribution in [0.25, 0.3) is 33.4 Å². The lowest BCUT2D eigenvalue weighted by atomic mass is 10.0. The van der Waals surface area contributed by atoms with Crippen molar-refractivity contribution < 1.29 is 62.7 Å². The highest BCUT2D eigenvalue weighted by molar-refractivity contribution is 9.11. The molecule has 3 aromatic heterocycles. The Morgan fingerprint density at radius 2 is 0.762 bits per heavy atom. The predicted molar refractivity (Wildman–Crippen MR) is 319 cm³/mol. The summed E-state index contributed by atoms with van der Waals surface area (Å²) in [6.07, 6.45) is -2.30. The summed E-state index contributed by atoms with van der Waals surface area (Å²) in [6, 6.07) is 43.9. The lowest BCUT2D eigenvalue weighted by Gasteiger charge is -2.08. The van der Waals surface area contributed by atoms with Crippen LogP contribution in [0, 0.1) is 5.82 Å². The number of nitrogens with one attached hydrogen (secondary N) is 3. The molecule has 9 rings (SSSR count). The first-order valence-electron chi connectivity index (χ1n) is 23.1. The molecular weight excluding hydrogens is 1310 g/mol. The summed E-state index contributed by atoms with van der Waals surface area (Å²) in [6.45, 7) is -0.162. The average molecular weight is 1350 g/mol. The molecular formula is C57H40Br3ClFN3O12S3. The van der Waals surface area contributed by atoms with Gasteiger partial charge in [0.05, 0.1) is 0 Å². The second-order valence-electron chi connectivity index (χ2n) is 16.3. The van der Waals surface area contributed by atoms with Crippen molar-refractivity contribution in [3.8, 4) is 33.4 Å². The molecule has 6 N–H and O–H groups in total. The van der Waals surface area contributed by atoms with Crippen LogP contribution in [0.15, 0.2) is 181 Å². The molecule has 408 valence electrons. The van der Waals surface area contributed by atoms with E-state index in [9.17, 15) is 48.5 Å². The average Bonchev–Trinajstić information content (AvgIpc) is 4.23. The molecule has 0 saturated heterocycles. The number of halogens is 5. The summed E-state index contributed by atoms with van der Waals surface area (Å²) in [5.74, 6) is -3.89. The Labute approximate surface area is 498 Å². The molecule has 0 radical (unpaired) electrons. The molecule has 6 aromatic carbocycles. The fraction of sp³-hybridized carbons (Fsp3) is 0.0526. The quantitative estimate of drug-likeness (QED) is 0.0527. The zero-order valence-electron chi connectivity index (χ0n) is 40.9. The van der Waals surface area contributed by atoms with E-state index in [4.69, 9.17) is 25.8 Å². The molecule has 0 saturated carbocycles. The highest BCUT2D eigenvalue weighted by atomic mass is 79.9. The number of carboxylic acids is 3. The number of carbonyl (C=O) groups is 6. The largest absolute Gasteiger partial charge is 0.478 e. The minimum absolute atomic E-state index is 0.0150. The molecule has 0 bridgehead atoms. The molecule has 23 heteroatoms. The van der Waals surface area contributed by atoms with Gasteiger partial charge in [0.15, 0.2) is 0 Å². The van der Waals surface area contributed by atoms with Crippen molar-refractivity contribution in [3.05, 3.63) is 225 Å². The van der Waals surface area contributed by atoms with Gasteiger partial charge in [-0.2, -0.15) is 0 Å². The molecule has 0 aliphatic carbocycles. The molecule has 80 heavy (non-hydrogen) atoms. The lowest BCUT2D eigenvalue weighted by Crippen LogP contribution is -2.15. The van der Waals surface area contributed by atoms with E-state index in [-0.39, 0.29) is 57.1 Å². The molecule has 0 fully saturated rings. The van der Waals surface area contributed by atoms with Crippen molar-refractivity contribution >= 4 is 145 Å². The number of rotatable bonds is 15. The Bertz CT molecular complexity index is 3500. The Hall–Kier alpha value is -7.70. The van der Waals surface area contributed by atoms with Gasteiger partial charge in [-0.1, -0.05) is 163 Å². The minimum Gasteiger partial charge on any atom is -0.478 e. The van der Waals surface area contributed by atoms with Crippen molar-refractivity contribution in [2.24, 2.45) is 0 Å². The number of anilines is 3. The number of thiophene rings is 3. The van der Waals surface area contributed by atoms with Crippen LogP contribution in [0.5, 0.6) is 0 Å². The second kappa shape index (κ2) is 29.0. The van der Waals surface area contributed by atoms with Crippen molar-refractivity contribution in [3.63, 3.8) is 0 Å². The lowest BCUT2D eigenvalue weighted by molar-refractivity contribution is 0.0688. The molecule has 0 aliphatic rings. The fourth-order valence-electron chi connectivity index (χ4n) is 7.14. The van der Waals surface area contributed by atoms with E-state index in [1.807, 2.05) is 66.7 Å². The van der Waals surface area contributed by atoms with Crippen molar-refractivity contribution in [2.75, 3.05) is 16.0 Å². The van der Waals surface area contributed by atoms with Crippen LogP contribution in [0.3, 0.4) is 0 Å². The number of aromatic carboxylic acids is 3. The number of carboxylic acid groups (broad SMARTS) is 3. The minimum atomic E-state index is -1.17. The van der Waals surface area contributed by atoms with Gasteiger partial charge < -0.3 is 29.5 Å². The van der Waals surface area contributed by atoms with E-state index < -0.39 is 42.0 Å². The van der Waals surface area contributed by atoms with Gasteiger partial charge in [-0.05, 0) is 70.8 Å². The SMILES string of the molecule is O=C(Nc1scc(-c2ccc(Br)cc2)c1C(=O)O)OCc1ccccc1.O=C(Nc1scc(-c2ccc(Br)cc2)c1C(=O)O)OCc1ccccc1Cl.O=C(Nc1scc(-c2ccc(Br)cc2)c1C(=O)O)OCc1ccccc1F. The van der Waals surface area contributed by atoms with E-state index in [1.54, 1.807) is 82.9 Å². The summed E-state index contributed by atoms with van der Waals surface area (Å²) in [5.41, 5.74) is 5.57. The highest BCUT2D eigenvalue weighted by Gasteiger charge is 2.25. The molecule has 9 aromatic rings. The molecule has 0 spiro atoms. The summed E-state index contributed by atoms with van der Waals surface area (Å²) >= 11 is 19.4. The van der Waals surface area contributed by atoms with Crippen LogP contribution in [0.2, 0.25) is 5.02 Å². The van der Waals surface area contributed by atoms with Gasteiger partial charge in [0.2, 0.25) is 0 Å². The van der Waals surface area contributed by atoms with Crippen LogP contribution < -0.4 is 16.0 Å². The summed E-state index contributed by atoms with van der Waals surface area (Å²) in [4.78, 5) is 71.3. The van der Waals surface area contributed by atoms with Gasteiger partial charge in [0, 0.05) is 62.4 Å². The second-order valence-corrected chi connectivity index (χ2v) is 22.1. The summed E-state index contributed by atoms with van der Waals surface area (Å²) in [5, 5.41) is 42.4. The maximum atomic E-state index is 13.6. The number of benzene rings is 6. The number of amides is 3. The van der Waals surface area contributed by atoms with Crippen molar-refractivity contribution in [2.45, 2.75) is 19.8 Å². The molecule has 3 heterocycles. The van der Waals surface area contributed by atoms with Crippen molar-refractivity contribution in [1.82, 2.24) is 0 Å². The van der Waals surface area contributed by atoms with Gasteiger partial charge in [0.25, 0.3) is 0 Å². The van der Waals surface area contributed by atoms with Crippen LogP contribution in [-0.2, 0) is 34.0 Å². The third-order valence-electron chi connectivity index (χ3n) is 11.0. The zero-order valence-corrected chi connectivity index (χ0v) is 48.9. The maximum Gasteiger partial charge on any atom is 0.412 e. The van der Waals surface area contributed by atoms with Gasteiger partial charge in [-0.3, -0.25) is 16.0 Å². The Morgan fingerprint density at radius 3 is 1.12 bits per heavy atom. The predicted octanol–water partition coefficient (Wildman–Crippen LogP) is 17.7. The zero-order chi connectivity index (χ0) is 57.3. The van der Waals surface area contributed by atoms with Crippen molar-refractivity contribution in [1.29, 1.82) is 0 Å². The molecule has 15 nitrogen and oxygen atoms in total. The van der Waals surface area contributed by atoms with E-state index in [1.165, 1.54) is 18.2 Å². The van der Waals surface area contributed by atoms with E-state index in [0.29, 0.717) is 32.8 Å². The molecule has 3 amide bonds.